The molecule has 3 rings (SSSR count). The van der Waals surface area contributed by atoms with Gasteiger partial charge in [-0.3, -0.25) is 4.79 Å². The third-order valence-electron chi connectivity index (χ3n) is 9.07. The lowest BCUT2D eigenvalue weighted by Gasteiger charge is -2.36. The van der Waals surface area contributed by atoms with Gasteiger partial charge in [-0.25, -0.2) is 0 Å². The van der Waals surface area contributed by atoms with Crippen LogP contribution in [0.4, 0.5) is 0 Å². The number of nitrogens with one attached hydrogen (secondary N) is 1. The summed E-state index contributed by atoms with van der Waals surface area (Å²) in [7, 11) is 3.16. The van der Waals surface area contributed by atoms with Gasteiger partial charge in [0.25, 0.3) is 0 Å². The van der Waals surface area contributed by atoms with E-state index in [4.69, 9.17) is 15.2 Å². The number of ether oxygens (including phenoxy) is 2. The minimum Gasteiger partial charge on any atom is -0.392 e. The van der Waals surface area contributed by atoms with E-state index in [1.807, 2.05) is 0 Å². The Morgan fingerprint density at radius 1 is 0.917 bits per heavy atom. The molecule has 7 N–H and O–H groups in total. The first-order chi connectivity index (χ1) is 17.2. The second kappa shape index (κ2) is 14.5. The van der Waals surface area contributed by atoms with E-state index in [-0.39, 0.29) is 24.0 Å². The highest BCUT2D eigenvalue weighted by molar-refractivity contribution is 5.81. The van der Waals surface area contributed by atoms with E-state index >= 15 is 0 Å². The standard InChI is InChI=1S/C27H50N2O7/c1-35-24-13-16(4-8-22(24)32)3-6-20(30)19(11-18-9-10-29-26(28)15-18)21(31)7-5-17-12-23(33)27(34)25(14-17)36-2/h16-20,22-27,29-30,32-34H,3-15,28H2,1-2H3. The number of piperidine rings is 1. The molecule has 3 fully saturated rings. The average Bonchev–Trinajstić information content (AvgIpc) is 2.87. The fraction of sp³-hybridized carbons (Fsp3) is 0.963. The number of aliphatic hydroxyl groups excluding tert-OH is 4. The molecule has 0 bridgehead atoms. The molecule has 0 aromatic rings. The number of methoxy groups -OCH3 is 2. The van der Waals surface area contributed by atoms with Gasteiger partial charge in [0.15, 0.2) is 0 Å². The first-order valence-corrected chi connectivity index (χ1v) is 14.0. The van der Waals surface area contributed by atoms with Crippen LogP contribution in [0.2, 0.25) is 0 Å². The molecule has 2 saturated carbocycles. The smallest absolute Gasteiger partial charge is 0.138 e. The lowest BCUT2D eigenvalue weighted by Crippen LogP contribution is -2.46. The molecule has 11 unspecified atom stereocenters. The molecular weight excluding hydrogens is 464 g/mol. The first kappa shape index (κ1) is 29.9. The van der Waals surface area contributed by atoms with Gasteiger partial charge in [-0.1, -0.05) is 0 Å². The molecule has 9 heteroatoms. The number of carbonyl (C=O) groups excluding carboxylic acids is 1. The Labute approximate surface area is 216 Å². The summed E-state index contributed by atoms with van der Waals surface area (Å²) < 4.78 is 10.8. The molecule has 1 saturated heterocycles. The maximum absolute atomic E-state index is 13.5. The molecule has 210 valence electrons. The molecule has 9 nitrogen and oxygen atoms in total. The normalized spacial score (nSPS) is 39.5. The summed E-state index contributed by atoms with van der Waals surface area (Å²) >= 11 is 0. The summed E-state index contributed by atoms with van der Waals surface area (Å²) in [6.07, 6.45) is 4.69. The van der Waals surface area contributed by atoms with Crippen LogP contribution in [0.25, 0.3) is 0 Å². The van der Waals surface area contributed by atoms with E-state index in [0.717, 1.165) is 38.6 Å². The van der Waals surface area contributed by atoms with Crippen molar-refractivity contribution in [2.45, 2.75) is 120 Å². The van der Waals surface area contributed by atoms with Crippen molar-refractivity contribution in [3.8, 4) is 0 Å². The SMILES string of the molecule is COC1CC(CCC(O)C(CC2CCNC(N)C2)C(=O)CCC2CC(O)C(O)C(OC)C2)CCC1O. The van der Waals surface area contributed by atoms with Gasteiger partial charge in [0, 0.05) is 26.6 Å². The molecule has 11 atom stereocenters. The van der Waals surface area contributed by atoms with E-state index in [1.54, 1.807) is 7.11 Å². The molecule has 1 heterocycles. The summed E-state index contributed by atoms with van der Waals surface area (Å²) in [5.74, 6) is 0.430. The summed E-state index contributed by atoms with van der Waals surface area (Å²) in [6, 6.07) is 0. The maximum Gasteiger partial charge on any atom is 0.138 e. The number of hydrogen-bond donors (Lipinski definition) is 6. The second-order valence-electron chi connectivity index (χ2n) is 11.6. The van der Waals surface area contributed by atoms with Crippen LogP contribution in [0.1, 0.15) is 77.0 Å². The quantitative estimate of drug-likeness (QED) is 0.224. The largest absolute Gasteiger partial charge is 0.392 e. The van der Waals surface area contributed by atoms with Crippen LogP contribution in [0.15, 0.2) is 0 Å². The van der Waals surface area contributed by atoms with Crippen LogP contribution in [-0.4, -0.2) is 89.8 Å². The molecule has 2 aliphatic carbocycles. The van der Waals surface area contributed by atoms with Crippen LogP contribution in [0.5, 0.6) is 0 Å². The highest BCUT2D eigenvalue weighted by Crippen LogP contribution is 2.35. The predicted octanol–water partition coefficient (Wildman–Crippen LogP) is 1.09. The lowest BCUT2D eigenvalue weighted by atomic mass is 9.76. The molecule has 0 spiro atoms. The molecule has 36 heavy (non-hydrogen) atoms. The lowest BCUT2D eigenvalue weighted by molar-refractivity contribution is -0.130. The van der Waals surface area contributed by atoms with Gasteiger partial charge in [0.2, 0.25) is 0 Å². The van der Waals surface area contributed by atoms with Crippen LogP contribution >= 0.6 is 0 Å². The van der Waals surface area contributed by atoms with E-state index < -0.39 is 36.4 Å². The van der Waals surface area contributed by atoms with Crippen molar-refractivity contribution < 1.29 is 34.7 Å². The molecule has 0 aromatic carbocycles. The highest BCUT2D eigenvalue weighted by atomic mass is 16.5. The van der Waals surface area contributed by atoms with Gasteiger partial charge in [-0.15, -0.1) is 0 Å². The Kier molecular flexibility index (Phi) is 12.0. The highest BCUT2D eigenvalue weighted by Gasteiger charge is 2.37. The van der Waals surface area contributed by atoms with Crippen LogP contribution in [0.3, 0.4) is 0 Å². The molecule has 3 aliphatic rings. The molecule has 1 aliphatic heterocycles. The first-order valence-electron chi connectivity index (χ1n) is 14.0. The van der Waals surface area contributed by atoms with Gasteiger partial charge in [0.1, 0.15) is 11.9 Å². The van der Waals surface area contributed by atoms with Crippen LogP contribution in [-0.2, 0) is 14.3 Å². The minimum absolute atomic E-state index is 0.0718. The summed E-state index contributed by atoms with van der Waals surface area (Å²) in [5, 5.41) is 44.9. The van der Waals surface area contributed by atoms with Gasteiger partial charge in [-0.05, 0) is 94.9 Å². The molecular formula is C27H50N2O7. The van der Waals surface area contributed by atoms with E-state index in [9.17, 15) is 25.2 Å². The third kappa shape index (κ3) is 8.43. The predicted molar refractivity (Wildman–Crippen MR) is 136 cm³/mol. The van der Waals surface area contributed by atoms with Crippen molar-refractivity contribution in [3.05, 3.63) is 0 Å². The summed E-state index contributed by atoms with van der Waals surface area (Å²) in [5.41, 5.74) is 6.11. The Bertz CT molecular complexity index is 668. The zero-order valence-corrected chi connectivity index (χ0v) is 22.1. The van der Waals surface area contributed by atoms with Gasteiger partial charge >= 0.3 is 0 Å². The number of Topliss-reactive ketones (excluding diaryl/α,β-unsaturated/α-hetero) is 1. The second-order valence-corrected chi connectivity index (χ2v) is 11.6. The number of hydrogen-bond acceptors (Lipinski definition) is 9. The minimum atomic E-state index is -0.890. The summed E-state index contributed by atoms with van der Waals surface area (Å²) in [4.78, 5) is 13.5. The summed E-state index contributed by atoms with van der Waals surface area (Å²) in [6.45, 7) is 0.826. The molecule has 0 amide bonds. The van der Waals surface area contributed by atoms with Crippen LogP contribution in [0, 0.1) is 23.7 Å². The fourth-order valence-electron chi connectivity index (χ4n) is 6.72. The number of ketones is 1. The van der Waals surface area contributed by atoms with Crippen molar-refractivity contribution in [1.82, 2.24) is 5.32 Å². The van der Waals surface area contributed by atoms with E-state index in [2.05, 4.69) is 5.32 Å². The van der Waals surface area contributed by atoms with E-state index in [1.165, 1.54) is 7.11 Å². The fourth-order valence-corrected chi connectivity index (χ4v) is 6.72. The van der Waals surface area contributed by atoms with Crippen molar-refractivity contribution in [2.24, 2.45) is 29.4 Å². The monoisotopic (exact) mass is 514 g/mol. The number of aliphatic hydroxyl groups is 4. The Morgan fingerprint density at radius 2 is 1.64 bits per heavy atom. The Balaban J connectivity index is 1.57. The topological polar surface area (TPSA) is 154 Å². The zero-order valence-electron chi connectivity index (χ0n) is 22.1. The van der Waals surface area contributed by atoms with Gasteiger partial charge in [-0.2, -0.15) is 0 Å². The Morgan fingerprint density at radius 3 is 2.33 bits per heavy atom. The zero-order chi connectivity index (χ0) is 26.2. The number of nitrogens with two attached hydrogens (primary N) is 1. The van der Waals surface area contributed by atoms with Gasteiger partial charge in [0.05, 0.1) is 36.7 Å². The average molecular weight is 515 g/mol. The number of rotatable bonds is 12. The third-order valence-corrected chi connectivity index (χ3v) is 9.07. The van der Waals surface area contributed by atoms with E-state index in [0.29, 0.717) is 56.8 Å². The van der Waals surface area contributed by atoms with Crippen molar-refractivity contribution in [1.29, 1.82) is 0 Å². The van der Waals surface area contributed by atoms with Gasteiger partial charge < -0.3 is 41.0 Å². The van der Waals surface area contributed by atoms with Crippen molar-refractivity contribution in [2.75, 3.05) is 20.8 Å². The van der Waals surface area contributed by atoms with Crippen molar-refractivity contribution in [3.63, 3.8) is 0 Å². The Hall–Kier alpha value is -0.650. The number of carbonyl (C=O) groups is 1. The van der Waals surface area contributed by atoms with Crippen LogP contribution < -0.4 is 11.1 Å². The molecule has 0 radical (unpaired) electrons. The molecule has 0 aromatic heterocycles. The van der Waals surface area contributed by atoms with Crippen molar-refractivity contribution >= 4 is 5.78 Å². The maximum atomic E-state index is 13.5.